The smallest absolute Gasteiger partial charge is 0.389 e. The summed E-state index contributed by atoms with van der Waals surface area (Å²) >= 11 is 0. The minimum absolute atomic E-state index is 0.0517. The summed E-state index contributed by atoms with van der Waals surface area (Å²) in [6.07, 6.45) is -4.37. The highest BCUT2D eigenvalue weighted by Crippen LogP contribution is 2.27. The number of alkyl halides is 3. The molecular formula is C16H18F3N3O2. The number of aliphatic hydroxyl groups excluding tert-OH is 1. The molecule has 0 spiro atoms. The molecule has 2 rings (SSSR count). The monoisotopic (exact) mass is 341 g/mol. The normalized spacial score (nSPS) is 12.9. The van der Waals surface area contributed by atoms with E-state index in [4.69, 9.17) is 4.74 Å². The van der Waals surface area contributed by atoms with E-state index in [2.05, 4.69) is 9.97 Å². The molecule has 130 valence electrons. The molecule has 0 fully saturated rings. The lowest BCUT2D eigenvalue weighted by Gasteiger charge is -2.21. The fraction of sp³-hybridized carbons (Fsp3) is 0.375. The predicted molar refractivity (Wildman–Crippen MR) is 82.4 cm³/mol. The van der Waals surface area contributed by atoms with Crippen molar-refractivity contribution in [2.75, 3.05) is 25.1 Å². The largest absolute Gasteiger partial charge is 0.433 e. The number of hydrogen-bond donors (Lipinski definition) is 1. The van der Waals surface area contributed by atoms with Gasteiger partial charge in [0.1, 0.15) is 5.69 Å². The molecule has 0 bridgehead atoms. The maximum absolute atomic E-state index is 12.6. The number of halogens is 3. The number of nitrogens with zero attached hydrogens (tertiary/aromatic N) is 3. The maximum Gasteiger partial charge on any atom is 0.433 e. The number of rotatable bonds is 7. The molecule has 24 heavy (non-hydrogen) atoms. The number of likely N-dealkylation sites (N-methyl/N-ethyl adjacent to an activating group) is 1. The van der Waals surface area contributed by atoms with Crippen molar-refractivity contribution in [1.29, 1.82) is 0 Å². The van der Waals surface area contributed by atoms with Crippen LogP contribution in [0, 0.1) is 0 Å². The molecule has 8 heteroatoms. The second-order valence-corrected chi connectivity index (χ2v) is 5.27. The summed E-state index contributed by atoms with van der Waals surface area (Å²) in [7, 11) is 1.51. The first-order valence-electron chi connectivity index (χ1n) is 7.27. The average molecular weight is 341 g/mol. The molecule has 5 nitrogen and oxygen atoms in total. The van der Waals surface area contributed by atoms with Gasteiger partial charge in [0, 0.05) is 19.8 Å². The Balaban J connectivity index is 1.84. The van der Waals surface area contributed by atoms with Gasteiger partial charge in [-0.05, 0) is 11.6 Å². The minimum atomic E-state index is -4.53. The summed E-state index contributed by atoms with van der Waals surface area (Å²) in [5.74, 6) is -0.105. The summed E-state index contributed by atoms with van der Waals surface area (Å²) in [5, 5.41) is 9.94. The SMILES string of the molecule is CN(CC(O)COCc1ccccc1)c1nccc(C(F)(F)F)n1. The van der Waals surface area contributed by atoms with Crippen LogP contribution < -0.4 is 4.90 Å². The Bertz CT molecular complexity index is 638. The lowest BCUT2D eigenvalue weighted by Crippen LogP contribution is -2.33. The Hall–Kier alpha value is -2.19. The van der Waals surface area contributed by atoms with Crippen LogP contribution in [0.5, 0.6) is 0 Å². The van der Waals surface area contributed by atoms with E-state index >= 15 is 0 Å². The Morgan fingerprint density at radius 1 is 1.21 bits per heavy atom. The molecule has 1 atom stereocenters. The predicted octanol–water partition coefficient (Wildman–Crippen LogP) is 2.51. The van der Waals surface area contributed by atoms with E-state index in [1.54, 1.807) is 0 Å². The van der Waals surface area contributed by atoms with Gasteiger partial charge in [-0.15, -0.1) is 0 Å². The van der Waals surface area contributed by atoms with Gasteiger partial charge in [0.05, 0.1) is 19.3 Å². The van der Waals surface area contributed by atoms with Gasteiger partial charge in [-0.1, -0.05) is 30.3 Å². The van der Waals surface area contributed by atoms with Gasteiger partial charge >= 0.3 is 6.18 Å². The number of ether oxygens (including phenoxy) is 1. The van der Waals surface area contributed by atoms with Crippen LogP contribution in [0.4, 0.5) is 19.1 Å². The Kier molecular flexibility index (Phi) is 6.10. The van der Waals surface area contributed by atoms with Crippen LogP contribution in [-0.4, -0.2) is 41.4 Å². The molecule has 0 saturated carbocycles. The van der Waals surface area contributed by atoms with E-state index in [1.165, 1.54) is 11.9 Å². The van der Waals surface area contributed by atoms with Gasteiger partial charge in [0.15, 0.2) is 0 Å². The minimum Gasteiger partial charge on any atom is -0.389 e. The molecule has 0 amide bonds. The van der Waals surface area contributed by atoms with Crippen molar-refractivity contribution in [1.82, 2.24) is 9.97 Å². The molecular weight excluding hydrogens is 323 g/mol. The zero-order chi connectivity index (χ0) is 17.6. The van der Waals surface area contributed by atoms with E-state index < -0.39 is 18.0 Å². The molecule has 1 unspecified atom stereocenters. The molecule has 1 aromatic carbocycles. The van der Waals surface area contributed by atoms with Gasteiger partial charge in [-0.2, -0.15) is 13.2 Å². The molecule has 1 N–H and O–H groups in total. The van der Waals surface area contributed by atoms with Gasteiger partial charge in [0.25, 0.3) is 0 Å². The third-order valence-electron chi connectivity index (χ3n) is 3.18. The van der Waals surface area contributed by atoms with E-state index in [0.717, 1.165) is 17.8 Å². The average Bonchev–Trinajstić information content (AvgIpc) is 2.55. The number of aromatic nitrogens is 2. The molecule has 0 aliphatic carbocycles. The van der Waals surface area contributed by atoms with E-state index in [1.807, 2.05) is 30.3 Å². The van der Waals surface area contributed by atoms with E-state index in [-0.39, 0.29) is 19.1 Å². The first kappa shape index (κ1) is 18.2. The molecule has 0 radical (unpaired) electrons. The van der Waals surface area contributed by atoms with E-state index in [0.29, 0.717) is 6.61 Å². The van der Waals surface area contributed by atoms with Crippen LogP contribution in [0.3, 0.4) is 0 Å². The zero-order valence-electron chi connectivity index (χ0n) is 13.1. The molecule has 1 aromatic heterocycles. The third-order valence-corrected chi connectivity index (χ3v) is 3.18. The van der Waals surface area contributed by atoms with Crippen LogP contribution in [0.25, 0.3) is 0 Å². The fourth-order valence-corrected chi connectivity index (χ4v) is 2.03. The number of aliphatic hydroxyl groups is 1. The first-order valence-corrected chi connectivity index (χ1v) is 7.27. The van der Waals surface area contributed by atoms with Crippen molar-refractivity contribution >= 4 is 5.95 Å². The summed E-state index contributed by atoms with van der Waals surface area (Å²) in [4.78, 5) is 8.61. The zero-order valence-corrected chi connectivity index (χ0v) is 13.1. The molecule has 0 saturated heterocycles. The van der Waals surface area contributed by atoms with Crippen molar-refractivity contribution in [2.45, 2.75) is 18.9 Å². The highest BCUT2D eigenvalue weighted by atomic mass is 19.4. The van der Waals surface area contributed by atoms with Crippen LogP contribution in [-0.2, 0) is 17.5 Å². The Morgan fingerprint density at radius 3 is 2.58 bits per heavy atom. The summed E-state index contributed by atoms with van der Waals surface area (Å²) in [6, 6.07) is 10.3. The van der Waals surface area contributed by atoms with Gasteiger partial charge < -0.3 is 14.7 Å². The summed E-state index contributed by atoms with van der Waals surface area (Å²) in [6.45, 7) is 0.454. The van der Waals surface area contributed by atoms with Crippen molar-refractivity contribution in [2.24, 2.45) is 0 Å². The Morgan fingerprint density at radius 2 is 1.92 bits per heavy atom. The molecule has 0 aliphatic rings. The first-order chi connectivity index (χ1) is 11.4. The van der Waals surface area contributed by atoms with Crippen molar-refractivity contribution < 1.29 is 23.0 Å². The third kappa shape index (κ3) is 5.47. The summed E-state index contributed by atoms with van der Waals surface area (Å²) < 4.78 is 43.3. The standard InChI is InChI=1S/C16H18F3N3O2/c1-22(15-20-8-7-14(21-15)16(17,18)19)9-13(23)11-24-10-12-5-3-2-4-6-12/h2-8,13,23H,9-11H2,1H3. The topological polar surface area (TPSA) is 58.5 Å². The van der Waals surface area contributed by atoms with Gasteiger partial charge in [-0.25, -0.2) is 9.97 Å². The number of benzene rings is 1. The second-order valence-electron chi connectivity index (χ2n) is 5.27. The van der Waals surface area contributed by atoms with E-state index in [9.17, 15) is 18.3 Å². The second kappa shape index (κ2) is 8.07. The van der Waals surface area contributed by atoms with Gasteiger partial charge in [0.2, 0.25) is 5.95 Å². The lowest BCUT2D eigenvalue weighted by molar-refractivity contribution is -0.141. The van der Waals surface area contributed by atoms with Gasteiger partial charge in [-0.3, -0.25) is 0 Å². The number of anilines is 1. The fourth-order valence-electron chi connectivity index (χ4n) is 2.03. The highest BCUT2D eigenvalue weighted by Gasteiger charge is 2.33. The van der Waals surface area contributed by atoms with Crippen molar-refractivity contribution in [3.05, 3.63) is 53.9 Å². The maximum atomic E-state index is 12.6. The molecule has 0 aliphatic heterocycles. The molecule has 1 heterocycles. The van der Waals surface area contributed by atoms with Crippen LogP contribution in [0.2, 0.25) is 0 Å². The lowest BCUT2D eigenvalue weighted by atomic mass is 10.2. The Labute approximate surface area is 137 Å². The summed E-state index contributed by atoms with van der Waals surface area (Å²) in [5.41, 5.74) is -0.0477. The van der Waals surface area contributed by atoms with Crippen LogP contribution >= 0.6 is 0 Å². The van der Waals surface area contributed by atoms with Crippen LogP contribution in [0.15, 0.2) is 42.6 Å². The highest BCUT2D eigenvalue weighted by molar-refractivity contribution is 5.29. The van der Waals surface area contributed by atoms with Crippen molar-refractivity contribution in [3.63, 3.8) is 0 Å². The quantitative estimate of drug-likeness (QED) is 0.839. The number of hydrogen-bond acceptors (Lipinski definition) is 5. The van der Waals surface area contributed by atoms with Crippen molar-refractivity contribution in [3.8, 4) is 0 Å². The molecule has 2 aromatic rings. The van der Waals surface area contributed by atoms with Crippen LogP contribution in [0.1, 0.15) is 11.3 Å².